The van der Waals surface area contributed by atoms with E-state index < -0.39 is 11.9 Å². The predicted octanol–water partition coefficient (Wildman–Crippen LogP) is 2.94. The summed E-state index contributed by atoms with van der Waals surface area (Å²) in [6, 6.07) is 12.4. The van der Waals surface area contributed by atoms with Crippen molar-refractivity contribution < 1.29 is 23.5 Å². The van der Waals surface area contributed by atoms with Crippen LogP contribution in [-0.4, -0.2) is 62.0 Å². The number of piperidine rings is 1. The fraction of sp³-hybridized carbons (Fsp3) is 0.423. The first-order valence-electron chi connectivity index (χ1n) is 11.6. The van der Waals surface area contributed by atoms with Crippen LogP contribution in [0.15, 0.2) is 48.5 Å². The molecule has 2 aromatic carbocycles. The van der Waals surface area contributed by atoms with Gasteiger partial charge in [-0.15, -0.1) is 0 Å². The average molecular weight is 470 g/mol. The number of carbonyl (C=O) groups is 3. The minimum absolute atomic E-state index is 0.0427. The summed E-state index contributed by atoms with van der Waals surface area (Å²) < 4.78 is 19.1. The van der Waals surface area contributed by atoms with Crippen molar-refractivity contribution >= 4 is 17.7 Å². The van der Waals surface area contributed by atoms with Crippen LogP contribution in [0.3, 0.4) is 0 Å². The van der Waals surface area contributed by atoms with Gasteiger partial charge in [-0.3, -0.25) is 14.4 Å². The van der Waals surface area contributed by atoms with Gasteiger partial charge in [0.2, 0.25) is 5.91 Å². The Morgan fingerprint density at radius 3 is 2.53 bits per heavy atom. The van der Waals surface area contributed by atoms with Crippen molar-refractivity contribution in [1.29, 1.82) is 0 Å². The third-order valence-corrected chi connectivity index (χ3v) is 6.08. The highest BCUT2D eigenvalue weighted by atomic mass is 19.1. The Kier molecular flexibility index (Phi) is 9.16. The molecule has 2 N–H and O–H groups in total. The van der Waals surface area contributed by atoms with E-state index in [2.05, 4.69) is 10.6 Å². The summed E-state index contributed by atoms with van der Waals surface area (Å²) in [7, 11) is 1.60. The number of likely N-dealkylation sites (tertiary alicyclic amines) is 1. The van der Waals surface area contributed by atoms with Crippen molar-refractivity contribution in [3.63, 3.8) is 0 Å². The van der Waals surface area contributed by atoms with E-state index in [9.17, 15) is 18.8 Å². The molecule has 182 valence electrons. The van der Waals surface area contributed by atoms with Crippen molar-refractivity contribution in [2.24, 2.45) is 5.92 Å². The van der Waals surface area contributed by atoms with Crippen molar-refractivity contribution in [2.75, 3.05) is 33.4 Å². The molecule has 0 saturated carbocycles. The van der Waals surface area contributed by atoms with Gasteiger partial charge in [-0.2, -0.15) is 0 Å². The van der Waals surface area contributed by atoms with Crippen LogP contribution in [0.25, 0.3) is 0 Å². The zero-order chi connectivity index (χ0) is 24.5. The highest BCUT2D eigenvalue weighted by molar-refractivity contribution is 5.98. The van der Waals surface area contributed by atoms with Gasteiger partial charge in [0.05, 0.1) is 5.56 Å². The monoisotopic (exact) mass is 469 g/mol. The molecule has 1 atom stereocenters. The van der Waals surface area contributed by atoms with Gasteiger partial charge < -0.3 is 20.3 Å². The van der Waals surface area contributed by atoms with Gasteiger partial charge in [0.25, 0.3) is 11.8 Å². The van der Waals surface area contributed by atoms with Gasteiger partial charge in [-0.05, 0) is 56.4 Å². The van der Waals surface area contributed by atoms with Crippen LogP contribution >= 0.6 is 0 Å². The molecule has 0 radical (unpaired) electrons. The molecule has 0 aliphatic carbocycles. The Morgan fingerprint density at radius 2 is 1.85 bits per heavy atom. The molecule has 3 amide bonds. The topological polar surface area (TPSA) is 87.7 Å². The van der Waals surface area contributed by atoms with Crippen molar-refractivity contribution in [1.82, 2.24) is 15.5 Å². The Morgan fingerprint density at radius 1 is 1.12 bits per heavy atom. The van der Waals surface area contributed by atoms with E-state index in [-0.39, 0.29) is 29.2 Å². The van der Waals surface area contributed by atoms with E-state index in [4.69, 9.17) is 4.74 Å². The number of ether oxygens (including phenoxy) is 1. The van der Waals surface area contributed by atoms with E-state index in [1.165, 1.54) is 12.1 Å². The summed E-state index contributed by atoms with van der Waals surface area (Å²) in [6.07, 6.45) is 1.70. The SMILES string of the molecule is COCCCNC(=O)[C@@H](NC(=O)c1cccc(C)c1)C1CCN(C(=O)c2ccccc2F)CC1. The van der Waals surface area contributed by atoms with E-state index in [0.717, 1.165) is 5.56 Å². The fourth-order valence-corrected chi connectivity index (χ4v) is 4.19. The van der Waals surface area contributed by atoms with Gasteiger partial charge in [0, 0.05) is 38.9 Å². The van der Waals surface area contributed by atoms with Crippen LogP contribution in [0.5, 0.6) is 0 Å². The number of halogens is 1. The first kappa shape index (κ1) is 25.4. The zero-order valence-corrected chi connectivity index (χ0v) is 19.7. The summed E-state index contributed by atoms with van der Waals surface area (Å²) in [5, 5.41) is 5.80. The number of nitrogens with one attached hydrogen (secondary N) is 2. The second kappa shape index (κ2) is 12.3. The van der Waals surface area contributed by atoms with Crippen LogP contribution < -0.4 is 10.6 Å². The minimum Gasteiger partial charge on any atom is -0.385 e. The van der Waals surface area contributed by atoms with Gasteiger partial charge in [-0.25, -0.2) is 4.39 Å². The molecule has 1 heterocycles. The maximum absolute atomic E-state index is 14.1. The molecule has 1 saturated heterocycles. The molecular formula is C26H32FN3O4. The summed E-state index contributed by atoms with van der Waals surface area (Å²) in [6.45, 7) is 3.63. The molecule has 3 rings (SSSR count). The third kappa shape index (κ3) is 6.63. The molecule has 8 heteroatoms. The van der Waals surface area contributed by atoms with Crippen molar-refractivity contribution in [3.05, 3.63) is 71.0 Å². The Labute approximate surface area is 199 Å². The normalized spacial score (nSPS) is 15.0. The minimum atomic E-state index is -0.735. The lowest BCUT2D eigenvalue weighted by atomic mass is 9.88. The van der Waals surface area contributed by atoms with E-state index in [1.807, 2.05) is 13.0 Å². The molecule has 7 nitrogen and oxygen atoms in total. The largest absolute Gasteiger partial charge is 0.385 e. The number of methoxy groups -OCH3 is 1. The van der Waals surface area contributed by atoms with Crippen molar-refractivity contribution in [3.8, 4) is 0 Å². The highest BCUT2D eigenvalue weighted by Crippen LogP contribution is 2.23. The van der Waals surface area contributed by atoms with E-state index >= 15 is 0 Å². The van der Waals surface area contributed by atoms with Crippen LogP contribution in [0.1, 0.15) is 45.5 Å². The van der Waals surface area contributed by atoms with Crippen LogP contribution in [0.4, 0.5) is 4.39 Å². The zero-order valence-electron chi connectivity index (χ0n) is 19.7. The smallest absolute Gasteiger partial charge is 0.256 e. The number of amides is 3. The van der Waals surface area contributed by atoms with Crippen LogP contribution in [0.2, 0.25) is 0 Å². The standard InChI is InChI=1S/C26H32FN3O4/c1-18-7-5-8-20(17-18)24(31)29-23(25(32)28-13-6-16-34-2)19-11-14-30(15-12-19)26(33)21-9-3-4-10-22(21)27/h3-5,7-10,17,19,23H,6,11-16H2,1-2H3,(H,28,32)(H,29,31)/t23-/m0/s1. The summed E-state index contributed by atoms with van der Waals surface area (Å²) in [5.41, 5.74) is 1.48. The first-order valence-corrected chi connectivity index (χ1v) is 11.6. The first-order chi connectivity index (χ1) is 16.4. The maximum atomic E-state index is 14.1. The van der Waals surface area contributed by atoms with Gasteiger partial charge in [-0.1, -0.05) is 29.8 Å². The highest BCUT2D eigenvalue weighted by Gasteiger charge is 2.34. The number of carbonyl (C=O) groups excluding carboxylic acids is 3. The third-order valence-electron chi connectivity index (χ3n) is 6.08. The Hall–Kier alpha value is -3.26. The molecule has 1 aliphatic rings. The fourth-order valence-electron chi connectivity index (χ4n) is 4.19. The number of hydrogen-bond acceptors (Lipinski definition) is 4. The molecule has 2 aromatic rings. The van der Waals surface area contributed by atoms with Crippen molar-refractivity contribution in [2.45, 2.75) is 32.2 Å². The number of rotatable bonds is 9. The molecule has 0 unspecified atom stereocenters. The van der Waals surface area contributed by atoms with E-state index in [1.54, 1.807) is 42.3 Å². The van der Waals surface area contributed by atoms with Gasteiger partial charge >= 0.3 is 0 Å². The van der Waals surface area contributed by atoms with E-state index in [0.29, 0.717) is 51.1 Å². The summed E-state index contributed by atoms with van der Waals surface area (Å²) in [4.78, 5) is 40.3. The molecule has 0 bridgehead atoms. The van der Waals surface area contributed by atoms with Crippen LogP contribution in [0, 0.1) is 18.7 Å². The lowest BCUT2D eigenvalue weighted by Gasteiger charge is -2.36. The predicted molar refractivity (Wildman–Crippen MR) is 127 cm³/mol. The number of nitrogens with zero attached hydrogens (tertiary/aromatic N) is 1. The quantitative estimate of drug-likeness (QED) is 0.553. The lowest BCUT2D eigenvalue weighted by molar-refractivity contribution is -0.124. The summed E-state index contributed by atoms with van der Waals surface area (Å²) >= 11 is 0. The van der Waals surface area contributed by atoms with Crippen LogP contribution in [-0.2, 0) is 9.53 Å². The Bertz CT molecular complexity index is 1010. The van der Waals surface area contributed by atoms with Gasteiger partial charge in [0.15, 0.2) is 0 Å². The molecule has 0 aromatic heterocycles. The molecular weight excluding hydrogens is 437 g/mol. The molecule has 1 fully saturated rings. The second-order valence-corrected chi connectivity index (χ2v) is 8.57. The summed E-state index contributed by atoms with van der Waals surface area (Å²) in [5.74, 6) is -1.63. The second-order valence-electron chi connectivity index (χ2n) is 8.57. The molecule has 1 aliphatic heterocycles. The number of benzene rings is 2. The maximum Gasteiger partial charge on any atom is 0.256 e. The molecule has 0 spiro atoms. The average Bonchev–Trinajstić information content (AvgIpc) is 2.85. The van der Waals surface area contributed by atoms with Gasteiger partial charge in [0.1, 0.15) is 11.9 Å². The Balaban J connectivity index is 1.68. The number of aryl methyl sites for hydroxylation is 1. The lowest BCUT2D eigenvalue weighted by Crippen LogP contribution is -2.54. The molecule has 34 heavy (non-hydrogen) atoms. The number of hydrogen-bond donors (Lipinski definition) is 2.